The lowest BCUT2D eigenvalue weighted by Gasteiger charge is -2.11. The van der Waals surface area contributed by atoms with E-state index in [1.807, 2.05) is 32.0 Å². The summed E-state index contributed by atoms with van der Waals surface area (Å²) in [6.07, 6.45) is 2.13. The molecular weight excluding hydrogens is 260 g/mol. The number of amides is 1. The second kappa shape index (κ2) is 4.35. The van der Waals surface area contributed by atoms with Crippen molar-refractivity contribution in [1.29, 1.82) is 0 Å². The maximum atomic E-state index is 11.5. The van der Waals surface area contributed by atoms with Gasteiger partial charge in [0.2, 0.25) is 5.91 Å². The number of hydrogen-bond donors (Lipinski definition) is 1. The number of nitrogens with one attached hydrogen (secondary N) is 1. The van der Waals surface area contributed by atoms with Crippen molar-refractivity contribution in [2.45, 2.75) is 20.3 Å². The summed E-state index contributed by atoms with van der Waals surface area (Å²) in [6.45, 7) is 4.00. The standard InChI is InChI=1S/C15H13ClN2O/c1-8-3-4-17-15(16)13(8)10-5-9(2)14-11(6-10)7-12(19)18-14/h3-6H,7H2,1-2H3,(H,18,19). The zero-order valence-corrected chi connectivity index (χ0v) is 11.5. The van der Waals surface area contributed by atoms with E-state index in [1.165, 1.54) is 0 Å². The fraction of sp³-hybridized carbons (Fsp3) is 0.200. The average Bonchev–Trinajstić information content (AvgIpc) is 2.70. The first kappa shape index (κ1) is 12.2. The summed E-state index contributed by atoms with van der Waals surface area (Å²) in [6, 6.07) is 6.00. The van der Waals surface area contributed by atoms with Gasteiger partial charge in [-0.1, -0.05) is 11.6 Å². The van der Waals surface area contributed by atoms with Crippen LogP contribution in [0.2, 0.25) is 5.15 Å². The van der Waals surface area contributed by atoms with Crippen LogP contribution in [0.5, 0.6) is 0 Å². The van der Waals surface area contributed by atoms with Crippen LogP contribution in [0.15, 0.2) is 24.4 Å². The van der Waals surface area contributed by atoms with Crippen LogP contribution in [0.4, 0.5) is 5.69 Å². The van der Waals surface area contributed by atoms with Crippen molar-refractivity contribution in [1.82, 2.24) is 4.98 Å². The minimum Gasteiger partial charge on any atom is -0.325 e. The second-order valence-electron chi connectivity index (χ2n) is 4.85. The number of carbonyl (C=O) groups is 1. The Kier molecular flexibility index (Phi) is 2.79. The third-order valence-electron chi connectivity index (χ3n) is 3.43. The highest BCUT2D eigenvalue weighted by atomic mass is 35.5. The fourth-order valence-electron chi connectivity index (χ4n) is 2.55. The molecule has 1 aromatic heterocycles. The van der Waals surface area contributed by atoms with E-state index in [0.717, 1.165) is 33.5 Å². The van der Waals surface area contributed by atoms with E-state index < -0.39 is 0 Å². The minimum absolute atomic E-state index is 0.0456. The van der Waals surface area contributed by atoms with Gasteiger partial charge in [0.15, 0.2) is 0 Å². The smallest absolute Gasteiger partial charge is 0.228 e. The quantitative estimate of drug-likeness (QED) is 0.807. The van der Waals surface area contributed by atoms with Gasteiger partial charge in [0.05, 0.1) is 6.42 Å². The number of aromatic nitrogens is 1. The Bertz CT molecular complexity index is 675. The SMILES string of the molecule is Cc1cc(-c2c(C)ccnc2Cl)cc2c1NC(=O)C2. The van der Waals surface area contributed by atoms with Crippen molar-refractivity contribution in [2.24, 2.45) is 0 Å². The molecule has 2 aromatic rings. The Balaban J connectivity index is 2.21. The first-order valence-corrected chi connectivity index (χ1v) is 6.49. The number of rotatable bonds is 1. The van der Waals surface area contributed by atoms with Crippen LogP contribution >= 0.6 is 11.6 Å². The highest BCUT2D eigenvalue weighted by molar-refractivity contribution is 6.32. The van der Waals surface area contributed by atoms with Gasteiger partial charge in [0.1, 0.15) is 5.15 Å². The third-order valence-corrected chi connectivity index (χ3v) is 3.72. The molecule has 96 valence electrons. The molecule has 0 unspecified atom stereocenters. The Labute approximate surface area is 116 Å². The molecule has 1 aliphatic heterocycles. The molecule has 0 fully saturated rings. The molecule has 1 aromatic carbocycles. The largest absolute Gasteiger partial charge is 0.325 e. The van der Waals surface area contributed by atoms with E-state index in [4.69, 9.17) is 11.6 Å². The number of benzene rings is 1. The van der Waals surface area contributed by atoms with E-state index in [9.17, 15) is 4.79 Å². The van der Waals surface area contributed by atoms with Gasteiger partial charge in [0, 0.05) is 17.4 Å². The highest BCUT2D eigenvalue weighted by Crippen LogP contribution is 2.36. The van der Waals surface area contributed by atoms with Gasteiger partial charge in [-0.05, 0) is 54.3 Å². The van der Waals surface area contributed by atoms with E-state index in [1.54, 1.807) is 6.20 Å². The minimum atomic E-state index is 0.0456. The molecule has 1 aliphatic rings. The van der Waals surface area contributed by atoms with E-state index in [2.05, 4.69) is 10.3 Å². The second-order valence-corrected chi connectivity index (χ2v) is 5.20. The molecule has 3 rings (SSSR count). The molecular formula is C15H13ClN2O. The fourth-order valence-corrected chi connectivity index (χ4v) is 2.87. The summed E-state index contributed by atoms with van der Waals surface area (Å²) in [5.74, 6) is 0.0456. The number of aryl methyl sites for hydroxylation is 2. The van der Waals surface area contributed by atoms with Gasteiger partial charge >= 0.3 is 0 Å². The molecule has 0 saturated heterocycles. The molecule has 0 aliphatic carbocycles. The normalized spacial score (nSPS) is 13.3. The predicted molar refractivity (Wildman–Crippen MR) is 76.5 cm³/mol. The zero-order valence-electron chi connectivity index (χ0n) is 10.7. The van der Waals surface area contributed by atoms with Crippen LogP contribution in [0.1, 0.15) is 16.7 Å². The number of fused-ring (bicyclic) bond motifs is 1. The molecule has 0 saturated carbocycles. The maximum absolute atomic E-state index is 11.5. The van der Waals surface area contributed by atoms with Crippen molar-refractivity contribution in [3.8, 4) is 11.1 Å². The first-order chi connectivity index (χ1) is 9.06. The number of halogens is 1. The first-order valence-electron chi connectivity index (χ1n) is 6.11. The lowest BCUT2D eigenvalue weighted by Crippen LogP contribution is -2.04. The van der Waals surface area contributed by atoms with Crippen LogP contribution in [-0.2, 0) is 11.2 Å². The van der Waals surface area contributed by atoms with Crippen LogP contribution in [0.25, 0.3) is 11.1 Å². The lowest BCUT2D eigenvalue weighted by atomic mass is 9.97. The van der Waals surface area contributed by atoms with Gasteiger partial charge in [-0.25, -0.2) is 4.98 Å². The molecule has 4 heteroatoms. The van der Waals surface area contributed by atoms with Crippen molar-refractivity contribution in [2.75, 3.05) is 5.32 Å². The van der Waals surface area contributed by atoms with Crippen molar-refractivity contribution in [3.63, 3.8) is 0 Å². The third kappa shape index (κ3) is 2.00. The number of nitrogens with zero attached hydrogens (tertiary/aromatic N) is 1. The Morgan fingerprint density at radius 1 is 1.26 bits per heavy atom. The average molecular weight is 273 g/mol. The van der Waals surface area contributed by atoms with Crippen LogP contribution in [0.3, 0.4) is 0 Å². The molecule has 2 heterocycles. The van der Waals surface area contributed by atoms with Crippen LogP contribution in [0, 0.1) is 13.8 Å². The summed E-state index contributed by atoms with van der Waals surface area (Å²) >= 11 is 6.20. The molecule has 1 amide bonds. The van der Waals surface area contributed by atoms with E-state index in [-0.39, 0.29) is 5.91 Å². The molecule has 0 bridgehead atoms. The summed E-state index contributed by atoms with van der Waals surface area (Å²) in [4.78, 5) is 15.6. The van der Waals surface area contributed by atoms with Crippen LogP contribution in [-0.4, -0.2) is 10.9 Å². The van der Waals surface area contributed by atoms with Gasteiger partial charge in [-0.15, -0.1) is 0 Å². The monoisotopic (exact) mass is 272 g/mol. The molecule has 0 radical (unpaired) electrons. The Hall–Kier alpha value is -1.87. The Morgan fingerprint density at radius 3 is 2.79 bits per heavy atom. The Morgan fingerprint density at radius 2 is 2.05 bits per heavy atom. The van der Waals surface area contributed by atoms with Gasteiger partial charge < -0.3 is 5.32 Å². The highest BCUT2D eigenvalue weighted by Gasteiger charge is 2.21. The summed E-state index contributed by atoms with van der Waals surface area (Å²) < 4.78 is 0. The van der Waals surface area contributed by atoms with Crippen molar-refractivity contribution < 1.29 is 4.79 Å². The number of pyridine rings is 1. The molecule has 19 heavy (non-hydrogen) atoms. The van der Waals surface area contributed by atoms with Crippen molar-refractivity contribution in [3.05, 3.63) is 46.2 Å². The number of anilines is 1. The van der Waals surface area contributed by atoms with Gasteiger partial charge in [0.25, 0.3) is 0 Å². The topological polar surface area (TPSA) is 42.0 Å². The van der Waals surface area contributed by atoms with Gasteiger partial charge in [-0.3, -0.25) is 4.79 Å². The molecule has 0 atom stereocenters. The summed E-state index contributed by atoms with van der Waals surface area (Å²) in [5.41, 5.74) is 6.05. The number of carbonyl (C=O) groups excluding carboxylic acids is 1. The number of hydrogen-bond acceptors (Lipinski definition) is 2. The summed E-state index contributed by atoms with van der Waals surface area (Å²) in [5, 5.41) is 3.38. The maximum Gasteiger partial charge on any atom is 0.228 e. The molecule has 1 N–H and O–H groups in total. The van der Waals surface area contributed by atoms with Crippen molar-refractivity contribution >= 4 is 23.2 Å². The van der Waals surface area contributed by atoms with E-state index >= 15 is 0 Å². The molecule has 0 spiro atoms. The zero-order chi connectivity index (χ0) is 13.6. The van der Waals surface area contributed by atoms with E-state index in [0.29, 0.717) is 11.6 Å². The summed E-state index contributed by atoms with van der Waals surface area (Å²) in [7, 11) is 0. The lowest BCUT2D eigenvalue weighted by molar-refractivity contribution is -0.115. The molecule has 3 nitrogen and oxygen atoms in total. The van der Waals surface area contributed by atoms with Gasteiger partial charge in [-0.2, -0.15) is 0 Å². The van der Waals surface area contributed by atoms with Crippen LogP contribution < -0.4 is 5.32 Å². The predicted octanol–water partition coefficient (Wildman–Crippen LogP) is 3.51.